The van der Waals surface area contributed by atoms with E-state index < -0.39 is 0 Å². The molecule has 0 amide bonds. The van der Waals surface area contributed by atoms with Crippen molar-refractivity contribution in [1.82, 2.24) is 4.90 Å². The van der Waals surface area contributed by atoms with E-state index in [0.717, 1.165) is 24.3 Å². The van der Waals surface area contributed by atoms with Gasteiger partial charge in [0.15, 0.2) is 0 Å². The van der Waals surface area contributed by atoms with Crippen molar-refractivity contribution < 1.29 is 0 Å². The van der Waals surface area contributed by atoms with E-state index in [0.29, 0.717) is 12.0 Å². The first-order valence-corrected chi connectivity index (χ1v) is 8.47. The Hall–Kier alpha value is -0.550. The molecule has 0 aromatic carbocycles. The van der Waals surface area contributed by atoms with Crippen LogP contribution in [0.2, 0.25) is 0 Å². The van der Waals surface area contributed by atoms with E-state index in [1.165, 1.54) is 57.9 Å². The maximum absolute atomic E-state index is 9.50. The molecule has 3 fully saturated rings. The van der Waals surface area contributed by atoms with Gasteiger partial charge in [0.05, 0.1) is 12.0 Å². The van der Waals surface area contributed by atoms with Gasteiger partial charge in [-0.3, -0.25) is 4.90 Å². The van der Waals surface area contributed by atoms with Crippen LogP contribution in [0.5, 0.6) is 0 Å². The summed E-state index contributed by atoms with van der Waals surface area (Å²) in [6.07, 6.45) is 12.1. The van der Waals surface area contributed by atoms with Crippen molar-refractivity contribution in [3.8, 4) is 6.07 Å². The molecule has 0 aromatic rings. The second-order valence-electron chi connectivity index (χ2n) is 7.14. The van der Waals surface area contributed by atoms with Crippen LogP contribution in [0.1, 0.15) is 64.7 Å². The van der Waals surface area contributed by atoms with E-state index >= 15 is 0 Å². The van der Waals surface area contributed by atoms with Crippen molar-refractivity contribution in [3.63, 3.8) is 0 Å². The molecule has 0 spiro atoms. The van der Waals surface area contributed by atoms with Crippen molar-refractivity contribution in [1.29, 1.82) is 5.26 Å². The number of rotatable bonds is 6. The van der Waals surface area contributed by atoms with Crippen LogP contribution < -0.4 is 0 Å². The van der Waals surface area contributed by atoms with Crippen LogP contribution in [0.25, 0.3) is 0 Å². The van der Waals surface area contributed by atoms with Crippen molar-refractivity contribution in [2.45, 2.75) is 76.8 Å². The van der Waals surface area contributed by atoms with Gasteiger partial charge in [-0.1, -0.05) is 19.8 Å². The molecule has 19 heavy (non-hydrogen) atoms. The van der Waals surface area contributed by atoms with E-state index in [-0.39, 0.29) is 0 Å². The Bertz CT molecular complexity index is 338. The summed E-state index contributed by atoms with van der Waals surface area (Å²) in [5.74, 6) is 2.17. The summed E-state index contributed by atoms with van der Waals surface area (Å²) in [7, 11) is 0. The quantitative estimate of drug-likeness (QED) is 0.722. The monoisotopic (exact) mass is 260 g/mol. The van der Waals surface area contributed by atoms with Gasteiger partial charge < -0.3 is 0 Å². The van der Waals surface area contributed by atoms with Crippen LogP contribution in [0.4, 0.5) is 0 Å². The van der Waals surface area contributed by atoms with Crippen LogP contribution >= 0.6 is 0 Å². The molecule has 3 saturated carbocycles. The number of hydrogen-bond donors (Lipinski definition) is 0. The zero-order chi connectivity index (χ0) is 13.2. The molecule has 3 unspecified atom stereocenters. The number of hydrogen-bond acceptors (Lipinski definition) is 2. The van der Waals surface area contributed by atoms with Crippen LogP contribution in [0.3, 0.4) is 0 Å². The Labute approximate surface area is 118 Å². The lowest BCUT2D eigenvalue weighted by Crippen LogP contribution is -2.46. The first-order chi connectivity index (χ1) is 9.31. The molecule has 3 aliphatic rings. The normalized spacial score (nSPS) is 35.3. The largest absolute Gasteiger partial charge is 0.296 e. The minimum absolute atomic E-state index is 0.312. The number of nitrogens with zero attached hydrogens (tertiary/aromatic N) is 2. The van der Waals surface area contributed by atoms with Crippen molar-refractivity contribution in [2.75, 3.05) is 6.54 Å². The molecular formula is C17H28N2. The summed E-state index contributed by atoms with van der Waals surface area (Å²) in [6, 6.07) is 4.05. The smallest absolute Gasteiger partial charge is 0.0672 e. The Morgan fingerprint density at radius 3 is 2.37 bits per heavy atom. The van der Waals surface area contributed by atoms with Gasteiger partial charge >= 0.3 is 0 Å². The fraction of sp³-hybridized carbons (Fsp3) is 0.941. The number of nitriles is 1. The Morgan fingerprint density at radius 1 is 1.05 bits per heavy atom. The van der Waals surface area contributed by atoms with Gasteiger partial charge in [0, 0.05) is 18.6 Å². The Kier molecular flexibility index (Phi) is 4.12. The molecule has 0 radical (unpaired) electrons. The Morgan fingerprint density at radius 2 is 1.79 bits per heavy atom. The molecule has 3 rings (SSSR count). The van der Waals surface area contributed by atoms with Crippen molar-refractivity contribution in [3.05, 3.63) is 0 Å². The van der Waals surface area contributed by atoms with Gasteiger partial charge in [-0.15, -0.1) is 0 Å². The van der Waals surface area contributed by atoms with Crippen molar-refractivity contribution in [2.24, 2.45) is 17.8 Å². The summed E-state index contributed by atoms with van der Waals surface area (Å²) in [5.41, 5.74) is 0. The van der Waals surface area contributed by atoms with Gasteiger partial charge in [-0.05, 0) is 56.8 Å². The summed E-state index contributed by atoms with van der Waals surface area (Å²) < 4.78 is 0. The third kappa shape index (κ3) is 3.31. The SMILES string of the molecule is CCCC1CCC(C#N)C(N(CC2CC2)C2CC2)C1. The lowest BCUT2D eigenvalue weighted by molar-refractivity contribution is 0.0863. The lowest BCUT2D eigenvalue weighted by Gasteiger charge is -2.40. The highest BCUT2D eigenvalue weighted by Crippen LogP contribution is 2.42. The summed E-state index contributed by atoms with van der Waals surface area (Å²) in [4.78, 5) is 2.77. The molecule has 0 aromatic heterocycles. The zero-order valence-electron chi connectivity index (χ0n) is 12.4. The van der Waals surface area contributed by atoms with Crippen molar-refractivity contribution >= 4 is 0 Å². The van der Waals surface area contributed by atoms with Gasteiger partial charge in [0.1, 0.15) is 0 Å². The first kappa shape index (κ1) is 13.4. The van der Waals surface area contributed by atoms with E-state index in [2.05, 4.69) is 17.9 Å². The molecule has 2 heteroatoms. The third-order valence-electron chi connectivity index (χ3n) is 5.40. The molecule has 2 nitrogen and oxygen atoms in total. The minimum Gasteiger partial charge on any atom is -0.296 e. The highest BCUT2D eigenvalue weighted by molar-refractivity contribution is 5.02. The van der Waals surface area contributed by atoms with Crippen LogP contribution in [-0.4, -0.2) is 23.5 Å². The summed E-state index contributed by atoms with van der Waals surface area (Å²) in [5, 5.41) is 9.50. The van der Waals surface area contributed by atoms with E-state index in [1.54, 1.807) is 0 Å². The minimum atomic E-state index is 0.312. The molecule has 0 N–H and O–H groups in total. The van der Waals surface area contributed by atoms with Crippen LogP contribution in [0, 0.1) is 29.1 Å². The van der Waals surface area contributed by atoms with Gasteiger partial charge in [-0.2, -0.15) is 5.26 Å². The molecular weight excluding hydrogens is 232 g/mol. The second kappa shape index (κ2) is 5.83. The molecule has 106 valence electrons. The van der Waals surface area contributed by atoms with Crippen LogP contribution in [0.15, 0.2) is 0 Å². The van der Waals surface area contributed by atoms with E-state index in [9.17, 15) is 5.26 Å². The molecule has 3 aliphatic carbocycles. The second-order valence-corrected chi connectivity index (χ2v) is 7.14. The maximum atomic E-state index is 9.50. The molecule has 0 bridgehead atoms. The van der Waals surface area contributed by atoms with E-state index in [4.69, 9.17) is 0 Å². The topological polar surface area (TPSA) is 27.0 Å². The van der Waals surface area contributed by atoms with Gasteiger partial charge in [-0.25, -0.2) is 0 Å². The fourth-order valence-corrected chi connectivity index (χ4v) is 3.98. The molecule has 3 atom stereocenters. The molecule has 0 heterocycles. The highest BCUT2D eigenvalue weighted by Gasteiger charge is 2.42. The first-order valence-electron chi connectivity index (χ1n) is 8.47. The summed E-state index contributed by atoms with van der Waals surface area (Å²) in [6.45, 7) is 3.60. The lowest BCUT2D eigenvalue weighted by atomic mass is 9.76. The third-order valence-corrected chi connectivity index (χ3v) is 5.40. The predicted octanol–water partition coefficient (Wildman–Crippen LogP) is 3.97. The van der Waals surface area contributed by atoms with Crippen LogP contribution in [-0.2, 0) is 0 Å². The van der Waals surface area contributed by atoms with Gasteiger partial charge in [0.2, 0.25) is 0 Å². The maximum Gasteiger partial charge on any atom is 0.0672 e. The standard InChI is InChI=1S/C17H28N2/c1-2-3-13-6-7-15(11-18)17(10-13)19(16-8-9-16)12-14-4-5-14/h13-17H,2-10,12H2,1H3. The highest BCUT2D eigenvalue weighted by atomic mass is 15.2. The predicted molar refractivity (Wildman–Crippen MR) is 77.6 cm³/mol. The fourth-order valence-electron chi connectivity index (χ4n) is 3.98. The molecule has 0 aliphatic heterocycles. The average Bonchev–Trinajstić information content (AvgIpc) is 3.28. The zero-order valence-corrected chi connectivity index (χ0v) is 12.4. The summed E-state index contributed by atoms with van der Waals surface area (Å²) >= 11 is 0. The molecule has 0 saturated heterocycles. The van der Waals surface area contributed by atoms with E-state index in [1.807, 2.05) is 0 Å². The Balaban J connectivity index is 1.67. The van der Waals surface area contributed by atoms with Gasteiger partial charge in [0.25, 0.3) is 0 Å². The average molecular weight is 260 g/mol.